The largest absolute Gasteiger partial charge is 0.325 e. The summed E-state index contributed by atoms with van der Waals surface area (Å²) >= 11 is 1.36. The highest BCUT2D eigenvalue weighted by atomic mass is 32.2. The van der Waals surface area contributed by atoms with E-state index >= 15 is 0 Å². The van der Waals surface area contributed by atoms with Crippen molar-refractivity contribution in [1.82, 2.24) is 10.2 Å². The summed E-state index contributed by atoms with van der Waals surface area (Å²) in [5.74, 6) is -0.159. The summed E-state index contributed by atoms with van der Waals surface area (Å²) in [5, 5.41) is 23.0. The molecule has 1 heterocycles. The van der Waals surface area contributed by atoms with E-state index in [-0.39, 0.29) is 5.91 Å². The van der Waals surface area contributed by atoms with E-state index in [1.54, 1.807) is 24.3 Å². The molecule has 0 fully saturated rings. The van der Waals surface area contributed by atoms with Crippen LogP contribution in [0.3, 0.4) is 0 Å². The molecule has 0 saturated carbocycles. The molecule has 0 spiro atoms. The summed E-state index contributed by atoms with van der Waals surface area (Å²) in [4.78, 5) is 12.7. The van der Waals surface area contributed by atoms with Crippen molar-refractivity contribution in [1.29, 1.82) is 5.26 Å². The van der Waals surface area contributed by atoms with E-state index in [1.165, 1.54) is 11.8 Å². The number of hydrogen-bond acceptors (Lipinski definition) is 5. The van der Waals surface area contributed by atoms with Crippen molar-refractivity contribution in [2.75, 3.05) is 5.32 Å². The molecule has 0 radical (unpaired) electrons. The molecule has 5 nitrogen and oxygen atoms in total. The Bertz CT molecular complexity index is 1250. The maximum Gasteiger partial charge on any atom is 0.237 e. The quantitative estimate of drug-likeness (QED) is 0.452. The van der Waals surface area contributed by atoms with Gasteiger partial charge in [0.05, 0.1) is 16.9 Å². The predicted octanol–water partition coefficient (Wildman–Crippen LogP) is 5.29. The molecule has 1 N–H and O–H groups in total. The summed E-state index contributed by atoms with van der Waals surface area (Å²) in [7, 11) is 0. The summed E-state index contributed by atoms with van der Waals surface area (Å²) < 4.78 is 0. The molecule has 0 aliphatic heterocycles. The molecule has 0 aliphatic carbocycles. The smallest absolute Gasteiger partial charge is 0.237 e. The first-order valence-electron chi connectivity index (χ1n) is 9.44. The van der Waals surface area contributed by atoms with Crippen LogP contribution in [0, 0.1) is 11.3 Å². The van der Waals surface area contributed by atoms with E-state index in [4.69, 9.17) is 5.26 Å². The second-order valence-corrected chi connectivity index (χ2v) is 8.04. The third-order valence-electron chi connectivity index (χ3n) is 4.62. The Kier molecular flexibility index (Phi) is 5.73. The maximum absolute atomic E-state index is 12.7. The average Bonchev–Trinajstić information content (AvgIpc) is 2.80. The number of fused-ring (bicyclic) bond motifs is 1. The molecule has 146 valence electrons. The van der Waals surface area contributed by atoms with Gasteiger partial charge in [-0.15, -0.1) is 10.2 Å². The fourth-order valence-electron chi connectivity index (χ4n) is 3.11. The fourth-order valence-corrected chi connectivity index (χ4v) is 4.00. The molecule has 30 heavy (non-hydrogen) atoms. The number of hydrogen-bond donors (Lipinski definition) is 1. The van der Waals surface area contributed by atoms with Crippen molar-refractivity contribution >= 4 is 34.1 Å². The van der Waals surface area contributed by atoms with Gasteiger partial charge in [-0.25, -0.2) is 0 Å². The number of rotatable bonds is 5. The van der Waals surface area contributed by atoms with Crippen molar-refractivity contribution in [2.45, 2.75) is 17.2 Å². The van der Waals surface area contributed by atoms with Crippen LogP contribution in [0.1, 0.15) is 12.5 Å². The summed E-state index contributed by atoms with van der Waals surface area (Å²) in [6.07, 6.45) is 0. The molecule has 0 saturated heterocycles. The van der Waals surface area contributed by atoms with Gasteiger partial charge in [0.1, 0.15) is 10.7 Å². The van der Waals surface area contributed by atoms with Gasteiger partial charge in [-0.05, 0) is 25.1 Å². The van der Waals surface area contributed by atoms with Crippen molar-refractivity contribution in [3.63, 3.8) is 0 Å². The Hall–Kier alpha value is -3.69. The monoisotopic (exact) mass is 410 g/mol. The minimum absolute atomic E-state index is 0.159. The zero-order valence-corrected chi connectivity index (χ0v) is 17.1. The summed E-state index contributed by atoms with van der Waals surface area (Å²) in [6, 6.07) is 26.8. The van der Waals surface area contributed by atoms with Crippen LogP contribution in [-0.2, 0) is 4.79 Å². The lowest BCUT2D eigenvalue weighted by molar-refractivity contribution is -0.115. The molecule has 6 heteroatoms. The second-order valence-electron chi connectivity index (χ2n) is 6.71. The Morgan fingerprint density at radius 2 is 1.70 bits per heavy atom. The molecule has 1 atom stereocenters. The number of carbonyl (C=O) groups is 1. The Morgan fingerprint density at radius 1 is 0.967 bits per heavy atom. The lowest BCUT2D eigenvalue weighted by Gasteiger charge is -2.14. The van der Waals surface area contributed by atoms with Gasteiger partial charge in [-0.3, -0.25) is 4.79 Å². The van der Waals surface area contributed by atoms with Gasteiger partial charge in [0.15, 0.2) is 0 Å². The van der Waals surface area contributed by atoms with Crippen LogP contribution in [0.25, 0.3) is 22.0 Å². The third kappa shape index (κ3) is 4.17. The molecular formula is C24H18N4OS. The molecule has 0 aliphatic rings. The van der Waals surface area contributed by atoms with Crippen LogP contribution >= 0.6 is 11.8 Å². The molecule has 0 bridgehead atoms. The number of benzene rings is 3. The van der Waals surface area contributed by atoms with Gasteiger partial charge in [0, 0.05) is 22.0 Å². The molecule has 3 aromatic carbocycles. The first kappa shape index (κ1) is 19.6. The second kappa shape index (κ2) is 8.76. The van der Waals surface area contributed by atoms with Crippen LogP contribution in [0.2, 0.25) is 0 Å². The van der Waals surface area contributed by atoms with E-state index in [0.29, 0.717) is 16.3 Å². The van der Waals surface area contributed by atoms with E-state index < -0.39 is 5.25 Å². The van der Waals surface area contributed by atoms with E-state index in [1.807, 2.05) is 61.5 Å². The minimum atomic E-state index is -0.393. The lowest BCUT2D eigenvalue weighted by atomic mass is 10.1. The fraction of sp³-hybridized carbons (Fsp3) is 0.0833. The van der Waals surface area contributed by atoms with Crippen molar-refractivity contribution in [3.8, 4) is 17.3 Å². The average molecular weight is 411 g/mol. The number of aromatic nitrogens is 2. The predicted molar refractivity (Wildman–Crippen MR) is 120 cm³/mol. The molecule has 1 aromatic heterocycles. The number of nitrogens with zero attached hydrogens (tertiary/aromatic N) is 3. The van der Waals surface area contributed by atoms with Crippen LogP contribution in [0.15, 0.2) is 83.9 Å². The van der Waals surface area contributed by atoms with E-state index in [0.717, 1.165) is 22.0 Å². The van der Waals surface area contributed by atoms with Gasteiger partial charge in [-0.1, -0.05) is 72.4 Å². The lowest BCUT2D eigenvalue weighted by Crippen LogP contribution is -2.22. The first-order chi connectivity index (χ1) is 14.7. The van der Waals surface area contributed by atoms with E-state index in [9.17, 15) is 4.79 Å². The minimum Gasteiger partial charge on any atom is -0.325 e. The standard InChI is InChI=1S/C24H18N4OS/c1-16(23(29)26-19-11-7-8-17(14-19)15-25)30-24-21-13-6-5-12-20(21)22(27-28-24)18-9-3-2-4-10-18/h2-14,16H,1H3,(H,26,29)/t16-/m1/s1. The third-order valence-corrected chi connectivity index (χ3v) is 5.71. The number of anilines is 1. The number of thioether (sulfide) groups is 1. The summed E-state index contributed by atoms with van der Waals surface area (Å²) in [5.41, 5.74) is 2.92. The zero-order chi connectivity index (χ0) is 20.9. The molecule has 1 amide bonds. The highest BCUT2D eigenvalue weighted by molar-refractivity contribution is 8.00. The Balaban J connectivity index is 1.59. The van der Waals surface area contributed by atoms with Crippen molar-refractivity contribution in [3.05, 3.63) is 84.4 Å². The SMILES string of the molecule is C[C@@H](Sc1nnc(-c2ccccc2)c2ccccc12)C(=O)Nc1cccc(C#N)c1. The van der Waals surface area contributed by atoms with Gasteiger partial charge in [-0.2, -0.15) is 5.26 Å². The molecular weight excluding hydrogens is 392 g/mol. The number of nitriles is 1. The van der Waals surface area contributed by atoms with Crippen molar-refractivity contribution in [2.24, 2.45) is 0 Å². The van der Waals surface area contributed by atoms with Gasteiger partial charge in [0.2, 0.25) is 5.91 Å². The highest BCUT2D eigenvalue weighted by Crippen LogP contribution is 2.33. The molecule has 4 rings (SSSR count). The highest BCUT2D eigenvalue weighted by Gasteiger charge is 2.19. The molecule has 4 aromatic rings. The number of carbonyl (C=O) groups excluding carboxylic acids is 1. The van der Waals surface area contributed by atoms with Gasteiger partial charge >= 0.3 is 0 Å². The number of amides is 1. The van der Waals surface area contributed by atoms with Crippen LogP contribution in [0.4, 0.5) is 5.69 Å². The maximum atomic E-state index is 12.7. The van der Waals surface area contributed by atoms with Gasteiger partial charge in [0.25, 0.3) is 0 Å². The molecule has 0 unspecified atom stereocenters. The van der Waals surface area contributed by atoms with Crippen LogP contribution in [0.5, 0.6) is 0 Å². The van der Waals surface area contributed by atoms with Crippen molar-refractivity contribution < 1.29 is 4.79 Å². The van der Waals surface area contributed by atoms with Gasteiger partial charge < -0.3 is 5.32 Å². The normalized spacial score (nSPS) is 11.6. The summed E-state index contributed by atoms with van der Waals surface area (Å²) in [6.45, 7) is 1.83. The topological polar surface area (TPSA) is 78.7 Å². The zero-order valence-electron chi connectivity index (χ0n) is 16.2. The van der Waals surface area contributed by atoms with Crippen LogP contribution < -0.4 is 5.32 Å². The first-order valence-corrected chi connectivity index (χ1v) is 10.3. The van der Waals surface area contributed by atoms with Crippen LogP contribution in [-0.4, -0.2) is 21.4 Å². The van der Waals surface area contributed by atoms with E-state index in [2.05, 4.69) is 21.6 Å². The Morgan fingerprint density at radius 3 is 2.47 bits per heavy atom. The number of nitrogens with one attached hydrogen (secondary N) is 1. The Labute approximate surface area is 178 Å².